The molecule has 1 saturated heterocycles. The second-order valence-electron chi connectivity index (χ2n) is 3.42. The number of nitriles is 2. The molecule has 0 bridgehead atoms. The number of ether oxygens (including phenoxy) is 1. The van der Waals surface area contributed by atoms with Gasteiger partial charge < -0.3 is 4.74 Å². The van der Waals surface area contributed by atoms with E-state index in [9.17, 15) is 8.42 Å². The van der Waals surface area contributed by atoms with Gasteiger partial charge in [0.05, 0.1) is 25.3 Å². The lowest BCUT2D eigenvalue weighted by atomic mass is 10.3. The first kappa shape index (κ1) is 12.9. The SMILES string of the molecule is CCC(C#N)S(=O)(=O)N1CCOC(C#N)C1. The lowest BCUT2D eigenvalue weighted by Gasteiger charge is -2.30. The maximum atomic E-state index is 11.9. The van der Waals surface area contributed by atoms with Crippen molar-refractivity contribution >= 4 is 10.0 Å². The molecule has 2 unspecified atom stereocenters. The monoisotopic (exact) mass is 243 g/mol. The van der Waals surface area contributed by atoms with Crippen LogP contribution in [-0.2, 0) is 14.8 Å². The van der Waals surface area contributed by atoms with E-state index in [-0.39, 0.29) is 26.1 Å². The van der Waals surface area contributed by atoms with Crippen LogP contribution < -0.4 is 0 Å². The molecule has 0 aliphatic carbocycles. The lowest BCUT2D eigenvalue weighted by molar-refractivity contribution is 0.0309. The van der Waals surface area contributed by atoms with E-state index in [1.165, 1.54) is 4.31 Å². The van der Waals surface area contributed by atoms with Crippen LogP contribution in [0.1, 0.15) is 13.3 Å². The van der Waals surface area contributed by atoms with Crippen molar-refractivity contribution in [3.63, 3.8) is 0 Å². The highest BCUT2D eigenvalue weighted by atomic mass is 32.2. The molecule has 1 heterocycles. The van der Waals surface area contributed by atoms with Crippen molar-refractivity contribution in [1.82, 2.24) is 4.31 Å². The summed E-state index contributed by atoms with van der Waals surface area (Å²) in [5.74, 6) is 0. The van der Waals surface area contributed by atoms with E-state index >= 15 is 0 Å². The van der Waals surface area contributed by atoms with Crippen molar-refractivity contribution in [2.75, 3.05) is 19.7 Å². The Morgan fingerprint density at radius 3 is 2.75 bits per heavy atom. The molecule has 0 spiro atoms. The van der Waals surface area contributed by atoms with Gasteiger partial charge >= 0.3 is 0 Å². The molecule has 16 heavy (non-hydrogen) atoms. The summed E-state index contributed by atoms with van der Waals surface area (Å²) in [4.78, 5) is 0. The quantitative estimate of drug-likeness (QED) is 0.686. The molecule has 0 aromatic heterocycles. The third-order valence-corrected chi connectivity index (χ3v) is 4.62. The molecule has 0 aromatic carbocycles. The third-order valence-electron chi connectivity index (χ3n) is 2.41. The molecule has 0 saturated carbocycles. The highest BCUT2D eigenvalue weighted by Crippen LogP contribution is 2.15. The van der Waals surface area contributed by atoms with Crippen molar-refractivity contribution in [1.29, 1.82) is 10.5 Å². The Morgan fingerprint density at radius 2 is 2.25 bits per heavy atom. The Hall–Kier alpha value is -1.15. The van der Waals surface area contributed by atoms with Crippen LogP contribution in [0.5, 0.6) is 0 Å². The smallest absolute Gasteiger partial charge is 0.230 e. The largest absolute Gasteiger partial charge is 0.361 e. The molecular weight excluding hydrogens is 230 g/mol. The molecule has 88 valence electrons. The number of hydrogen-bond donors (Lipinski definition) is 0. The van der Waals surface area contributed by atoms with Gasteiger partial charge in [0.25, 0.3) is 0 Å². The Labute approximate surface area is 95.1 Å². The Balaban J connectivity index is 2.85. The Kier molecular flexibility index (Phi) is 4.25. The average molecular weight is 243 g/mol. The number of nitrogens with zero attached hydrogens (tertiary/aromatic N) is 3. The fraction of sp³-hybridized carbons (Fsp3) is 0.778. The van der Waals surface area contributed by atoms with Crippen LogP contribution in [-0.4, -0.2) is 43.8 Å². The minimum atomic E-state index is -3.63. The van der Waals surface area contributed by atoms with Gasteiger partial charge in [-0.3, -0.25) is 0 Å². The van der Waals surface area contributed by atoms with Crippen LogP contribution in [0.15, 0.2) is 0 Å². The zero-order chi connectivity index (χ0) is 12.2. The van der Waals surface area contributed by atoms with Gasteiger partial charge in [-0.05, 0) is 6.42 Å². The first-order chi connectivity index (χ1) is 7.56. The summed E-state index contributed by atoms with van der Waals surface area (Å²) >= 11 is 0. The average Bonchev–Trinajstić information content (AvgIpc) is 2.30. The van der Waals surface area contributed by atoms with E-state index in [0.717, 1.165) is 0 Å². The van der Waals surface area contributed by atoms with Gasteiger partial charge in [0.15, 0.2) is 11.4 Å². The van der Waals surface area contributed by atoms with Gasteiger partial charge in [-0.15, -0.1) is 0 Å². The summed E-state index contributed by atoms with van der Waals surface area (Å²) in [5, 5.41) is 16.4. The topological polar surface area (TPSA) is 94.2 Å². The van der Waals surface area contributed by atoms with Crippen LogP contribution in [0.4, 0.5) is 0 Å². The molecular formula is C9H13N3O3S. The number of sulfonamides is 1. The first-order valence-electron chi connectivity index (χ1n) is 4.96. The van der Waals surface area contributed by atoms with Gasteiger partial charge in [-0.25, -0.2) is 8.42 Å². The van der Waals surface area contributed by atoms with Crippen molar-refractivity contribution in [3.8, 4) is 12.1 Å². The second kappa shape index (κ2) is 5.26. The minimum Gasteiger partial charge on any atom is -0.361 e. The minimum absolute atomic E-state index is 0.0109. The van der Waals surface area contributed by atoms with E-state index in [0.29, 0.717) is 0 Å². The molecule has 1 rings (SSSR count). The van der Waals surface area contributed by atoms with Crippen LogP contribution in [0, 0.1) is 22.7 Å². The fourth-order valence-corrected chi connectivity index (χ4v) is 3.07. The molecule has 1 aliphatic rings. The summed E-state index contributed by atoms with van der Waals surface area (Å²) in [6.07, 6.45) is -0.493. The molecule has 6 nitrogen and oxygen atoms in total. The number of morpholine rings is 1. The Bertz CT molecular complexity index is 420. The summed E-state index contributed by atoms with van der Waals surface area (Å²) in [6.45, 7) is 2.06. The van der Waals surface area contributed by atoms with Crippen LogP contribution in [0.3, 0.4) is 0 Å². The highest BCUT2D eigenvalue weighted by molar-refractivity contribution is 7.90. The van der Waals surface area contributed by atoms with Gasteiger partial charge in [0.2, 0.25) is 10.0 Å². The third kappa shape index (κ3) is 2.50. The highest BCUT2D eigenvalue weighted by Gasteiger charge is 2.34. The predicted molar refractivity (Wildman–Crippen MR) is 55.5 cm³/mol. The zero-order valence-electron chi connectivity index (χ0n) is 8.96. The maximum Gasteiger partial charge on any atom is 0.230 e. The fourth-order valence-electron chi connectivity index (χ4n) is 1.48. The van der Waals surface area contributed by atoms with Gasteiger partial charge in [-0.2, -0.15) is 14.8 Å². The maximum absolute atomic E-state index is 11.9. The van der Waals surface area contributed by atoms with E-state index < -0.39 is 21.4 Å². The number of rotatable bonds is 3. The number of hydrogen-bond acceptors (Lipinski definition) is 5. The molecule has 0 N–H and O–H groups in total. The van der Waals surface area contributed by atoms with Crippen molar-refractivity contribution in [3.05, 3.63) is 0 Å². The van der Waals surface area contributed by atoms with Crippen LogP contribution in [0.25, 0.3) is 0 Å². The molecule has 2 atom stereocenters. The van der Waals surface area contributed by atoms with Crippen LogP contribution >= 0.6 is 0 Å². The summed E-state index contributed by atoms with van der Waals surface area (Å²) in [5.41, 5.74) is 0. The molecule has 7 heteroatoms. The predicted octanol–water partition coefficient (Wildman–Crippen LogP) is -0.157. The van der Waals surface area contributed by atoms with E-state index in [1.807, 2.05) is 6.07 Å². The van der Waals surface area contributed by atoms with Gasteiger partial charge in [-0.1, -0.05) is 6.92 Å². The van der Waals surface area contributed by atoms with Crippen molar-refractivity contribution in [2.24, 2.45) is 0 Å². The van der Waals surface area contributed by atoms with E-state index in [1.54, 1.807) is 13.0 Å². The summed E-state index contributed by atoms with van der Waals surface area (Å²) in [7, 11) is -3.63. The van der Waals surface area contributed by atoms with Crippen LogP contribution in [0.2, 0.25) is 0 Å². The molecule has 0 aromatic rings. The lowest BCUT2D eigenvalue weighted by Crippen LogP contribution is -2.48. The van der Waals surface area contributed by atoms with Crippen molar-refractivity contribution in [2.45, 2.75) is 24.7 Å². The summed E-state index contributed by atoms with van der Waals surface area (Å²) in [6, 6.07) is 3.64. The molecule has 1 fully saturated rings. The van der Waals surface area contributed by atoms with Gasteiger partial charge in [0.1, 0.15) is 0 Å². The van der Waals surface area contributed by atoms with Gasteiger partial charge in [0, 0.05) is 6.54 Å². The zero-order valence-corrected chi connectivity index (χ0v) is 9.77. The molecule has 0 radical (unpaired) electrons. The normalized spacial score (nSPS) is 24.3. The molecule has 1 aliphatic heterocycles. The summed E-state index contributed by atoms with van der Waals surface area (Å²) < 4.78 is 30.1. The molecule has 0 amide bonds. The first-order valence-corrected chi connectivity index (χ1v) is 6.46. The van der Waals surface area contributed by atoms with E-state index in [4.69, 9.17) is 15.3 Å². The Morgan fingerprint density at radius 1 is 1.56 bits per heavy atom. The standard InChI is InChI=1S/C9H13N3O3S/c1-2-9(6-11)16(13,14)12-3-4-15-8(5-10)7-12/h8-9H,2-4,7H2,1H3. The van der Waals surface area contributed by atoms with E-state index in [2.05, 4.69) is 0 Å². The van der Waals surface area contributed by atoms with Crippen molar-refractivity contribution < 1.29 is 13.2 Å². The second-order valence-corrected chi connectivity index (χ2v) is 5.53.